The monoisotopic (exact) mass is 437 g/mol. The zero-order chi connectivity index (χ0) is 21.7. The maximum Gasteiger partial charge on any atom is 0.326 e. The van der Waals surface area contributed by atoms with Gasteiger partial charge in [0.2, 0.25) is 5.88 Å². The Kier molecular flexibility index (Phi) is 4.47. The number of aromatic hydroxyl groups is 1. The van der Waals surface area contributed by atoms with Crippen LogP contribution < -0.4 is 16.4 Å². The van der Waals surface area contributed by atoms with Gasteiger partial charge in [-0.25, -0.2) is 9.78 Å². The van der Waals surface area contributed by atoms with E-state index in [1.165, 1.54) is 16.2 Å². The smallest absolute Gasteiger partial charge is 0.326 e. The van der Waals surface area contributed by atoms with Gasteiger partial charge in [-0.05, 0) is 31.1 Å². The molecular weight excluding hydrogens is 418 g/mol. The summed E-state index contributed by atoms with van der Waals surface area (Å²) in [6.07, 6.45) is 5.29. The number of rotatable bonds is 4. The van der Waals surface area contributed by atoms with Crippen LogP contribution in [0.1, 0.15) is 28.2 Å². The number of imidazole rings is 1. The van der Waals surface area contributed by atoms with E-state index in [1.807, 2.05) is 12.1 Å². The molecule has 11 heteroatoms. The number of aromatic nitrogens is 5. The first-order valence-corrected chi connectivity index (χ1v) is 10.5. The second-order valence-electron chi connectivity index (χ2n) is 7.54. The SMILES string of the molecule is CN(C)C(=O)c1ccc(-c2cc(=NC3CC3)n3nc/c(=C\c4[nH]c(=O)[nH]c4O)c3n2)s1. The fourth-order valence-corrected chi connectivity index (χ4v) is 4.12. The van der Waals surface area contributed by atoms with Gasteiger partial charge in [-0.2, -0.15) is 9.61 Å². The van der Waals surface area contributed by atoms with Crippen LogP contribution in [0.15, 0.2) is 34.2 Å². The molecule has 1 aliphatic carbocycles. The highest BCUT2D eigenvalue weighted by Gasteiger charge is 2.21. The number of hydrogen-bond donors (Lipinski definition) is 3. The number of amides is 1. The van der Waals surface area contributed by atoms with Crippen LogP contribution >= 0.6 is 11.3 Å². The first-order chi connectivity index (χ1) is 14.9. The molecule has 1 saturated carbocycles. The third-order valence-corrected chi connectivity index (χ3v) is 5.95. The quantitative estimate of drug-likeness (QED) is 0.428. The van der Waals surface area contributed by atoms with E-state index in [1.54, 1.807) is 36.9 Å². The minimum Gasteiger partial charge on any atom is -0.493 e. The number of carbonyl (C=O) groups excluding carboxylic acids is 1. The number of thiophene rings is 1. The van der Waals surface area contributed by atoms with Crippen molar-refractivity contribution in [2.45, 2.75) is 18.9 Å². The first kappa shape index (κ1) is 19.2. The van der Waals surface area contributed by atoms with Gasteiger partial charge < -0.3 is 15.0 Å². The van der Waals surface area contributed by atoms with Crippen LogP contribution in [0.3, 0.4) is 0 Å². The van der Waals surface area contributed by atoms with Gasteiger partial charge in [0.1, 0.15) is 5.69 Å². The normalized spacial score (nSPS) is 15.2. The van der Waals surface area contributed by atoms with Gasteiger partial charge >= 0.3 is 5.69 Å². The second-order valence-corrected chi connectivity index (χ2v) is 8.63. The highest BCUT2D eigenvalue weighted by atomic mass is 32.1. The summed E-state index contributed by atoms with van der Waals surface area (Å²) in [7, 11) is 3.43. The Morgan fingerprint density at radius 2 is 2.16 bits per heavy atom. The maximum atomic E-state index is 12.3. The van der Waals surface area contributed by atoms with Crippen LogP contribution in [-0.4, -0.2) is 60.6 Å². The van der Waals surface area contributed by atoms with Gasteiger partial charge in [0.05, 0.1) is 27.7 Å². The molecule has 10 nitrogen and oxygen atoms in total. The van der Waals surface area contributed by atoms with E-state index < -0.39 is 5.69 Å². The molecule has 4 aromatic rings. The summed E-state index contributed by atoms with van der Waals surface area (Å²) in [6.45, 7) is 0. The molecule has 0 spiro atoms. The summed E-state index contributed by atoms with van der Waals surface area (Å²) in [5, 5.41) is 14.9. The molecule has 158 valence electrons. The van der Waals surface area contributed by atoms with Crippen molar-refractivity contribution in [1.29, 1.82) is 0 Å². The summed E-state index contributed by atoms with van der Waals surface area (Å²) in [5.74, 6) is -0.320. The molecule has 1 aliphatic rings. The number of aromatic amines is 2. The number of H-pyrrole nitrogens is 2. The number of carbonyl (C=O) groups is 1. The number of fused-ring (bicyclic) bond motifs is 1. The zero-order valence-electron chi connectivity index (χ0n) is 16.8. The van der Waals surface area contributed by atoms with Crippen molar-refractivity contribution in [2.24, 2.45) is 4.99 Å². The summed E-state index contributed by atoms with van der Waals surface area (Å²) < 4.78 is 1.65. The Labute approximate surface area is 179 Å². The lowest BCUT2D eigenvalue weighted by Gasteiger charge is -2.07. The molecule has 0 saturated heterocycles. The van der Waals surface area contributed by atoms with Crippen molar-refractivity contribution in [1.82, 2.24) is 29.5 Å². The molecule has 3 N–H and O–H groups in total. The molecule has 4 aromatic heterocycles. The second kappa shape index (κ2) is 7.20. The van der Waals surface area contributed by atoms with Crippen LogP contribution in [0.2, 0.25) is 0 Å². The van der Waals surface area contributed by atoms with Gasteiger partial charge in [-0.15, -0.1) is 11.3 Å². The largest absolute Gasteiger partial charge is 0.493 e. The van der Waals surface area contributed by atoms with E-state index in [0.29, 0.717) is 26.9 Å². The van der Waals surface area contributed by atoms with Gasteiger partial charge in [0, 0.05) is 25.4 Å². The Morgan fingerprint density at radius 3 is 2.84 bits per heavy atom. The molecule has 31 heavy (non-hydrogen) atoms. The van der Waals surface area contributed by atoms with Gasteiger partial charge in [-0.3, -0.25) is 14.8 Å². The van der Waals surface area contributed by atoms with Crippen LogP contribution in [0, 0.1) is 0 Å². The molecule has 0 unspecified atom stereocenters. The van der Waals surface area contributed by atoms with Crippen molar-refractivity contribution in [2.75, 3.05) is 14.1 Å². The van der Waals surface area contributed by atoms with Crippen molar-refractivity contribution in [3.05, 3.63) is 56.2 Å². The zero-order valence-corrected chi connectivity index (χ0v) is 17.6. The van der Waals surface area contributed by atoms with Crippen molar-refractivity contribution < 1.29 is 9.90 Å². The highest BCUT2D eigenvalue weighted by Crippen LogP contribution is 2.27. The third kappa shape index (κ3) is 3.63. The topological polar surface area (TPSA) is 132 Å². The molecule has 0 bridgehead atoms. The van der Waals surface area contributed by atoms with Gasteiger partial charge in [-0.1, -0.05) is 0 Å². The lowest BCUT2D eigenvalue weighted by molar-refractivity contribution is 0.0832. The minimum atomic E-state index is -0.505. The maximum absolute atomic E-state index is 12.3. The molecule has 0 aromatic carbocycles. The molecule has 1 amide bonds. The minimum absolute atomic E-state index is 0.0644. The lowest BCUT2D eigenvalue weighted by atomic mass is 10.3. The van der Waals surface area contributed by atoms with Gasteiger partial charge in [0.15, 0.2) is 11.1 Å². The predicted octanol–water partition coefficient (Wildman–Crippen LogP) is 0.492. The third-order valence-electron chi connectivity index (χ3n) is 4.85. The van der Waals surface area contributed by atoms with E-state index in [4.69, 9.17) is 9.98 Å². The first-order valence-electron chi connectivity index (χ1n) is 9.66. The summed E-state index contributed by atoms with van der Waals surface area (Å²) in [6, 6.07) is 5.80. The van der Waals surface area contributed by atoms with E-state index >= 15 is 0 Å². The number of nitrogens with zero attached hydrogens (tertiary/aromatic N) is 5. The molecule has 5 rings (SSSR count). The molecule has 0 radical (unpaired) electrons. The fraction of sp³-hybridized carbons (Fsp3) is 0.250. The Morgan fingerprint density at radius 1 is 1.35 bits per heavy atom. The van der Waals surface area contributed by atoms with Crippen molar-refractivity contribution >= 4 is 29.0 Å². The van der Waals surface area contributed by atoms with Crippen LogP contribution in [-0.2, 0) is 0 Å². The highest BCUT2D eigenvalue weighted by molar-refractivity contribution is 7.17. The molecule has 1 fully saturated rings. The Bertz CT molecular complexity index is 1490. The van der Waals surface area contributed by atoms with E-state index in [2.05, 4.69) is 15.1 Å². The average molecular weight is 437 g/mol. The molecule has 0 aliphatic heterocycles. The molecule has 0 atom stereocenters. The average Bonchev–Trinajstić information content (AvgIpc) is 3.12. The van der Waals surface area contributed by atoms with E-state index in [9.17, 15) is 14.7 Å². The number of hydrogen-bond acceptors (Lipinski definition) is 7. The Balaban J connectivity index is 1.71. The van der Waals surface area contributed by atoms with E-state index in [-0.39, 0.29) is 23.5 Å². The van der Waals surface area contributed by atoms with Crippen molar-refractivity contribution in [3.8, 4) is 16.5 Å². The van der Waals surface area contributed by atoms with Crippen LogP contribution in [0.5, 0.6) is 5.88 Å². The van der Waals surface area contributed by atoms with E-state index in [0.717, 1.165) is 17.7 Å². The summed E-state index contributed by atoms with van der Waals surface area (Å²) in [4.78, 5) is 41.1. The lowest BCUT2D eigenvalue weighted by Crippen LogP contribution is -2.20. The molecular formula is C20H19N7O3S. The fourth-order valence-electron chi connectivity index (χ4n) is 3.13. The Hall–Kier alpha value is -3.73. The molecule has 4 heterocycles. The number of nitrogens with one attached hydrogen (secondary N) is 2. The summed E-state index contributed by atoms with van der Waals surface area (Å²) >= 11 is 1.36. The van der Waals surface area contributed by atoms with Crippen LogP contribution in [0.25, 0.3) is 22.3 Å². The standard InChI is InChI=1S/C20H19N7O3S/c1-26(2)19(29)15-6-5-14(31-15)12-8-16(22-11-3-4-11)27-17(23-12)10(9-21-27)7-13-18(28)25-20(30)24-13/h5-9,11,28H,3-4H2,1-2H3,(H2,24,25,30)/b10-7+,22-16?. The van der Waals surface area contributed by atoms with Crippen LogP contribution in [0.4, 0.5) is 0 Å². The van der Waals surface area contributed by atoms with Gasteiger partial charge in [0.25, 0.3) is 5.91 Å². The predicted molar refractivity (Wildman–Crippen MR) is 115 cm³/mol. The summed E-state index contributed by atoms with van der Waals surface area (Å²) in [5.41, 5.74) is 1.62. The van der Waals surface area contributed by atoms with Crippen molar-refractivity contribution in [3.63, 3.8) is 0 Å².